The minimum Gasteiger partial charge on any atom is -0.388 e. The summed E-state index contributed by atoms with van der Waals surface area (Å²) in [6.45, 7) is 3.57. The number of rotatable bonds is 1. The largest absolute Gasteiger partial charge is 0.388 e. The predicted octanol–water partition coefficient (Wildman–Crippen LogP) is 1.44. The van der Waals surface area contributed by atoms with Crippen molar-refractivity contribution in [1.29, 1.82) is 0 Å². The van der Waals surface area contributed by atoms with Crippen LogP contribution in [-0.4, -0.2) is 29.5 Å². The Morgan fingerprint density at radius 1 is 1.27 bits per heavy atom. The van der Waals surface area contributed by atoms with Crippen molar-refractivity contribution < 1.29 is 9.84 Å². The minimum atomic E-state index is -0.681. The number of aliphatic hydroxyl groups is 1. The maximum atomic E-state index is 10.7. The molecule has 1 aliphatic carbocycles. The highest BCUT2D eigenvalue weighted by Gasteiger charge is 2.49. The van der Waals surface area contributed by atoms with Crippen LogP contribution < -0.4 is 5.73 Å². The summed E-state index contributed by atoms with van der Waals surface area (Å²) in [6.07, 6.45) is 5.75. The van der Waals surface area contributed by atoms with Crippen molar-refractivity contribution in [2.75, 3.05) is 13.2 Å². The molecular formula is C12H23NO2. The van der Waals surface area contributed by atoms with Crippen molar-refractivity contribution >= 4 is 0 Å². The highest BCUT2D eigenvalue weighted by molar-refractivity contribution is 5.06. The third kappa shape index (κ3) is 2.05. The number of nitrogens with two attached hydrogens (primary N) is 1. The Balaban J connectivity index is 2.06. The van der Waals surface area contributed by atoms with Crippen molar-refractivity contribution in [1.82, 2.24) is 0 Å². The highest BCUT2D eigenvalue weighted by atomic mass is 16.5. The van der Waals surface area contributed by atoms with E-state index in [9.17, 15) is 5.11 Å². The quantitative estimate of drug-likeness (QED) is 0.693. The Labute approximate surface area is 92.0 Å². The molecule has 2 rings (SSSR count). The van der Waals surface area contributed by atoms with Gasteiger partial charge in [0.1, 0.15) is 0 Å². The van der Waals surface area contributed by atoms with Crippen molar-refractivity contribution in [2.45, 2.75) is 56.6 Å². The summed E-state index contributed by atoms with van der Waals surface area (Å²) in [4.78, 5) is 0. The standard InChI is InChI=1S/C12H23NO2/c1-10-3-6-12(14,7-4-10)11(13)5-2-8-15-9-11/h10,14H,2-9,13H2,1H3. The van der Waals surface area contributed by atoms with E-state index in [0.29, 0.717) is 6.61 Å². The van der Waals surface area contributed by atoms with E-state index in [0.717, 1.165) is 51.0 Å². The molecule has 1 unspecified atom stereocenters. The van der Waals surface area contributed by atoms with Gasteiger partial charge in [-0.15, -0.1) is 0 Å². The van der Waals surface area contributed by atoms with E-state index in [4.69, 9.17) is 10.5 Å². The van der Waals surface area contributed by atoms with Crippen LogP contribution in [0.1, 0.15) is 45.4 Å². The summed E-state index contributed by atoms with van der Waals surface area (Å²) < 4.78 is 5.45. The highest BCUT2D eigenvalue weighted by Crippen LogP contribution is 2.41. The maximum absolute atomic E-state index is 10.7. The zero-order valence-electron chi connectivity index (χ0n) is 9.67. The van der Waals surface area contributed by atoms with Crippen molar-refractivity contribution in [3.8, 4) is 0 Å². The van der Waals surface area contributed by atoms with Crippen LogP contribution in [0.2, 0.25) is 0 Å². The van der Waals surface area contributed by atoms with Crippen LogP contribution in [0.25, 0.3) is 0 Å². The van der Waals surface area contributed by atoms with E-state index in [1.54, 1.807) is 0 Å². The fraction of sp³-hybridized carbons (Fsp3) is 1.00. The molecule has 0 spiro atoms. The maximum Gasteiger partial charge on any atom is 0.0849 e. The van der Waals surface area contributed by atoms with Gasteiger partial charge in [0, 0.05) is 6.61 Å². The van der Waals surface area contributed by atoms with Crippen molar-refractivity contribution in [3.05, 3.63) is 0 Å². The van der Waals surface area contributed by atoms with E-state index < -0.39 is 11.1 Å². The summed E-state index contributed by atoms with van der Waals surface area (Å²) in [6, 6.07) is 0. The Morgan fingerprint density at radius 2 is 1.93 bits per heavy atom. The number of hydrogen-bond donors (Lipinski definition) is 2. The molecule has 2 fully saturated rings. The van der Waals surface area contributed by atoms with Gasteiger partial charge in [-0.05, 0) is 44.4 Å². The second-order valence-corrected chi connectivity index (χ2v) is 5.53. The van der Waals surface area contributed by atoms with E-state index in [1.807, 2.05) is 0 Å². The average molecular weight is 213 g/mol. The van der Waals surface area contributed by atoms with Gasteiger partial charge in [-0.25, -0.2) is 0 Å². The van der Waals surface area contributed by atoms with Gasteiger partial charge in [0.2, 0.25) is 0 Å². The molecule has 3 heteroatoms. The first-order valence-electron chi connectivity index (χ1n) is 6.15. The summed E-state index contributed by atoms with van der Waals surface area (Å²) in [5, 5.41) is 10.7. The van der Waals surface area contributed by atoms with E-state index in [1.165, 1.54) is 0 Å². The van der Waals surface area contributed by atoms with Gasteiger partial charge < -0.3 is 15.6 Å². The van der Waals surface area contributed by atoms with Gasteiger partial charge in [-0.3, -0.25) is 0 Å². The first-order valence-corrected chi connectivity index (χ1v) is 6.15. The van der Waals surface area contributed by atoms with Gasteiger partial charge >= 0.3 is 0 Å². The molecule has 3 nitrogen and oxygen atoms in total. The van der Waals surface area contributed by atoms with Crippen LogP contribution in [0.3, 0.4) is 0 Å². The Bertz CT molecular complexity index is 216. The second kappa shape index (κ2) is 4.04. The molecule has 1 aliphatic heterocycles. The van der Waals surface area contributed by atoms with Gasteiger partial charge in [0.25, 0.3) is 0 Å². The summed E-state index contributed by atoms with van der Waals surface area (Å²) in [7, 11) is 0. The molecule has 0 bridgehead atoms. The molecule has 88 valence electrons. The van der Waals surface area contributed by atoms with Crippen LogP contribution >= 0.6 is 0 Å². The van der Waals surface area contributed by atoms with Gasteiger partial charge in [-0.1, -0.05) is 6.92 Å². The lowest BCUT2D eigenvalue weighted by atomic mass is 9.67. The molecule has 1 heterocycles. The fourth-order valence-electron chi connectivity index (χ4n) is 2.92. The topological polar surface area (TPSA) is 55.5 Å². The zero-order valence-corrected chi connectivity index (χ0v) is 9.67. The van der Waals surface area contributed by atoms with Gasteiger partial charge in [0.05, 0.1) is 17.7 Å². The molecule has 1 saturated heterocycles. The fourth-order valence-corrected chi connectivity index (χ4v) is 2.92. The molecule has 1 atom stereocenters. The SMILES string of the molecule is CC1CCC(O)(C2(N)CCCOC2)CC1. The molecule has 1 saturated carbocycles. The summed E-state index contributed by atoms with van der Waals surface area (Å²) in [5.74, 6) is 0.735. The monoisotopic (exact) mass is 213 g/mol. The Kier molecular flexibility index (Phi) is 3.06. The lowest BCUT2D eigenvalue weighted by Gasteiger charge is -2.49. The van der Waals surface area contributed by atoms with Crippen LogP contribution in [-0.2, 0) is 4.74 Å². The van der Waals surface area contributed by atoms with Crippen LogP contribution in [0.4, 0.5) is 0 Å². The Hall–Kier alpha value is -0.120. The summed E-state index contributed by atoms with van der Waals surface area (Å²) in [5.41, 5.74) is 5.16. The van der Waals surface area contributed by atoms with Crippen molar-refractivity contribution in [2.24, 2.45) is 11.7 Å². The molecule has 0 aromatic heterocycles. The van der Waals surface area contributed by atoms with Crippen molar-refractivity contribution in [3.63, 3.8) is 0 Å². The lowest BCUT2D eigenvalue weighted by molar-refractivity contribution is -0.119. The minimum absolute atomic E-state index is 0.495. The Morgan fingerprint density at radius 3 is 2.47 bits per heavy atom. The lowest BCUT2D eigenvalue weighted by Crippen LogP contribution is -2.65. The third-order valence-corrected chi connectivity index (χ3v) is 4.30. The molecule has 0 aromatic carbocycles. The first-order chi connectivity index (χ1) is 7.06. The molecule has 0 amide bonds. The second-order valence-electron chi connectivity index (χ2n) is 5.53. The average Bonchev–Trinajstić information content (AvgIpc) is 2.24. The molecule has 0 aromatic rings. The van der Waals surface area contributed by atoms with Gasteiger partial charge in [0.15, 0.2) is 0 Å². The van der Waals surface area contributed by atoms with Crippen LogP contribution in [0, 0.1) is 5.92 Å². The predicted molar refractivity (Wildman–Crippen MR) is 59.6 cm³/mol. The molecular weight excluding hydrogens is 190 g/mol. The smallest absolute Gasteiger partial charge is 0.0849 e. The zero-order chi connectivity index (χ0) is 10.9. The molecule has 0 radical (unpaired) electrons. The van der Waals surface area contributed by atoms with Gasteiger partial charge in [-0.2, -0.15) is 0 Å². The third-order valence-electron chi connectivity index (χ3n) is 4.30. The number of ether oxygens (including phenoxy) is 1. The van der Waals surface area contributed by atoms with E-state index in [2.05, 4.69) is 6.92 Å². The first kappa shape index (κ1) is 11.4. The van der Waals surface area contributed by atoms with Crippen LogP contribution in [0.5, 0.6) is 0 Å². The molecule has 15 heavy (non-hydrogen) atoms. The van der Waals surface area contributed by atoms with E-state index >= 15 is 0 Å². The molecule has 3 N–H and O–H groups in total. The van der Waals surface area contributed by atoms with Crippen LogP contribution in [0.15, 0.2) is 0 Å². The van der Waals surface area contributed by atoms with E-state index in [-0.39, 0.29) is 0 Å². The molecule has 2 aliphatic rings. The normalized spacial score (nSPS) is 47.8. The number of hydrogen-bond acceptors (Lipinski definition) is 3. The summed E-state index contributed by atoms with van der Waals surface area (Å²) >= 11 is 0.